The van der Waals surface area contributed by atoms with Crippen LogP contribution in [0.2, 0.25) is 5.02 Å². The molecular formula is C19H27ClN2O3. The maximum Gasteiger partial charge on any atom is 0.223 e. The molecule has 1 fully saturated rings. The van der Waals surface area contributed by atoms with Gasteiger partial charge in [-0.1, -0.05) is 23.7 Å². The van der Waals surface area contributed by atoms with Gasteiger partial charge in [-0.15, -0.1) is 0 Å². The van der Waals surface area contributed by atoms with Crippen LogP contribution in [0.4, 0.5) is 0 Å². The molecule has 5 nitrogen and oxygen atoms in total. The molecule has 1 aliphatic rings. The molecule has 2 atom stereocenters. The molecule has 25 heavy (non-hydrogen) atoms. The zero-order valence-corrected chi connectivity index (χ0v) is 16.0. The van der Waals surface area contributed by atoms with Gasteiger partial charge in [0.2, 0.25) is 5.91 Å². The van der Waals surface area contributed by atoms with E-state index in [1.807, 2.05) is 4.90 Å². The maximum atomic E-state index is 12.5. The van der Waals surface area contributed by atoms with Crippen LogP contribution in [0.3, 0.4) is 0 Å². The summed E-state index contributed by atoms with van der Waals surface area (Å²) in [4.78, 5) is 29.0. The van der Waals surface area contributed by atoms with E-state index < -0.39 is 0 Å². The third-order valence-corrected chi connectivity index (χ3v) is 4.96. The first-order valence-electron chi connectivity index (χ1n) is 8.73. The second kappa shape index (κ2) is 9.32. The molecule has 0 spiro atoms. The van der Waals surface area contributed by atoms with Crippen molar-refractivity contribution in [1.29, 1.82) is 0 Å². The first-order valence-corrected chi connectivity index (χ1v) is 9.11. The quantitative estimate of drug-likeness (QED) is 0.696. The smallest absolute Gasteiger partial charge is 0.223 e. The normalized spacial score (nSPS) is 21.4. The van der Waals surface area contributed by atoms with Crippen molar-refractivity contribution in [3.8, 4) is 0 Å². The van der Waals surface area contributed by atoms with E-state index >= 15 is 0 Å². The third kappa shape index (κ3) is 5.53. The van der Waals surface area contributed by atoms with E-state index in [2.05, 4.69) is 18.7 Å². The van der Waals surface area contributed by atoms with Gasteiger partial charge < -0.3 is 9.64 Å². The number of carbonyl (C=O) groups excluding carboxylic acids is 2. The standard InChI is InChI=1S/C19H27ClN2O3/c1-14-12-21(13-15(2)22(14)9-10-25-3)19(24)8-7-18(23)16-5-4-6-17(20)11-16/h4-6,11,14-15H,7-10,12-13H2,1-3H3. The monoisotopic (exact) mass is 366 g/mol. The molecule has 0 N–H and O–H groups in total. The number of ether oxygens (including phenoxy) is 1. The lowest BCUT2D eigenvalue weighted by Gasteiger charge is -2.44. The second-order valence-corrected chi connectivity index (χ2v) is 7.10. The van der Waals surface area contributed by atoms with E-state index in [1.54, 1.807) is 31.4 Å². The Balaban J connectivity index is 1.86. The van der Waals surface area contributed by atoms with E-state index in [-0.39, 0.29) is 36.6 Å². The van der Waals surface area contributed by atoms with Crippen LogP contribution in [-0.2, 0) is 9.53 Å². The summed E-state index contributed by atoms with van der Waals surface area (Å²) in [7, 11) is 1.70. The Morgan fingerprint density at radius 3 is 2.48 bits per heavy atom. The fourth-order valence-electron chi connectivity index (χ4n) is 3.38. The summed E-state index contributed by atoms with van der Waals surface area (Å²) in [5, 5.41) is 0.534. The number of rotatable bonds is 7. The molecule has 0 aliphatic carbocycles. The van der Waals surface area contributed by atoms with Crippen LogP contribution in [0.1, 0.15) is 37.0 Å². The molecule has 138 valence electrons. The Labute approximate surface area is 154 Å². The molecule has 0 saturated carbocycles. The van der Waals surface area contributed by atoms with Gasteiger partial charge in [-0.05, 0) is 26.0 Å². The highest BCUT2D eigenvalue weighted by Gasteiger charge is 2.31. The minimum absolute atomic E-state index is 0.0421. The van der Waals surface area contributed by atoms with Crippen LogP contribution < -0.4 is 0 Å². The number of nitrogens with zero attached hydrogens (tertiary/aromatic N) is 2. The number of hydrogen-bond donors (Lipinski definition) is 0. The van der Waals surface area contributed by atoms with Crippen LogP contribution in [-0.4, -0.2) is 66.9 Å². The minimum Gasteiger partial charge on any atom is -0.383 e. The third-order valence-electron chi connectivity index (χ3n) is 4.72. The van der Waals surface area contributed by atoms with Gasteiger partial charge in [-0.3, -0.25) is 14.5 Å². The van der Waals surface area contributed by atoms with E-state index in [9.17, 15) is 9.59 Å². The fourth-order valence-corrected chi connectivity index (χ4v) is 3.57. The topological polar surface area (TPSA) is 49.9 Å². The van der Waals surface area contributed by atoms with Crippen molar-refractivity contribution >= 4 is 23.3 Å². The van der Waals surface area contributed by atoms with Gasteiger partial charge in [0.25, 0.3) is 0 Å². The molecular weight excluding hydrogens is 340 g/mol. The Morgan fingerprint density at radius 1 is 1.20 bits per heavy atom. The predicted octanol–water partition coefficient (Wildman–Crippen LogP) is 2.87. The van der Waals surface area contributed by atoms with Crippen molar-refractivity contribution in [2.45, 2.75) is 38.8 Å². The number of methoxy groups -OCH3 is 1. The van der Waals surface area contributed by atoms with E-state index in [1.165, 1.54) is 0 Å². The Morgan fingerprint density at radius 2 is 1.88 bits per heavy atom. The first kappa shape index (κ1) is 19.9. The largest absolute Gasteiger partial charge is 0.383 e. The first-order chi connectivity index (χ1) is 11.9. The van der Waals surface area contributed by atoms with Crippen molar-refractivity contribution in [3.63, 3.8) is 0 Å². The van der Waals surface area contributed by atoms with Crippen molar-refractivity contribution < 1.29 is 14.3 Å². The molecule has 1 saturated heterocycles. The number of Topliss-reactive ketones (excluding diaryl/α,β-unsaturated/α-hetero) is 1. The number of piperazine rings is 1. The predicted molar refractivity (Wildman–Crippen MR) is 99.1 cm³/mol. The van der Waals surface area contributed by atoms with Gasteiger partial charge in [0.15, 0.2) is 5.78 Å². The van der Waals surface area contributed by atoms with Gasteiger partial charge in [0, 0.05) is 62.3 Å². The summed E-state index contributed by atoms with van der Waals surface area (Å²) >= 11 is 5.91. The summed E-state index contributed by atoms with van der Waals surface area (Å²) in [6.45, 7) is 7.20. The lowest BCUT2D eigenvalue weighted by molar-refractivity contribution is -0.135. The maximum absolute atomic E-state index is 12.5. The number of hydrogen-bond acceptors (Lipinski definition) is 4. The van der Waals surface area contributed by atoms with Gasteiger partial charge in [-0.2, -0.15) is 0 Å². The van der Waals surface area contributed by atoms with E-state index in [0.717, 1.165) is 6.54 Å². The number of carbonyl (C=O) groups is 2. The van der Waals surface area contributed by atoms with Crippen molar-refractivity contribution in [1.82, 2.24) is 9.80 Å². The molecule has 1 aromatic carbocycles. The molecule has 1 amide bonds. The van der Waals surface area contributed by atoms with Crippen molar-refractivity contribution in [2.75, 3.05) is 33.4 Å². The highest BCUT2D eigenvalue weighted by molar-refractivity contribution is 6.31. The summed E-state index contributed by atoms with van der Waals surface area (Å²) < 4.78 is 5.16. The van der Waals surface area contributed by atoms with Gasteiger partial charge in [0.05, 0.1) is 6.61 Å². The molecule has 2 unspecified atom stereocenters. The van der Waals surface area contributed by atoms with Crippen molar-refractivity contribution in [3.05, 3.63) is 34.9 Å². The highest BCUT2D eigenvalue weighted by Crippen LogP contribution is 2.18. The Kier molecular flexibility index (Phi) is 7.41. The minimum atomic E-state index is -0.0457. The van der Waals surface area contributed by atoms with Crippen molar-refractivity contribution in [2.24, 2.45) is 0 Å². The molecule has 1 heterocycles. The molecule has 2 rings (SSSR count). The fraction of sp³-hybridized carbons (Fsp3) is 0.579. The lowest BCUT2D eigenvalue weighted by atomic mass is 10.0. The zero-order valence-electron chi connectivity index (χ0n) is 15.2. The van der Waals surface area contributed by atoms with Crippen LogP contribution >= 0.6 is 11.6 Å². The Hall–Kier alpha value is -1.43. The SMILES string of the molecule is COCCN1C(C)CN(C(=O)CCC(=O)c2cccc(Cl)c2)CC1C. The van der Waals surface area contributed by atoms with Crippen LogP contribution in [0.25, 0.3) is 0 Å². The van der Waals surface area contributed by atoms with Gasteiger partial charge in [-0.25, -0.2) is 0 Å². The number of amides is 1. The summed E-state index contributed by atoms with van der Waals surface area (Å²) in [5.74, 6) is -0.00357. The second-order valence-electron chi connectivity index (χ2n) is 6.66. The number of halogens is 1. The molecule has 1 aromatic rings. The van der Waals surface area contributed by atoms with Crippen LogP contribution in [0.5, 0.6) is 0 Å². The average molecular weight is 367 g/mol. The Bertz CT molecular complexity index is 596. The zero-order chi connectivity index (χ0) is 18.4. The van der Waals surface area contributed by atoms with Gasteiger partial charge >= 0.3 is 0 Å². The van der Waals surface area contributed by atoms with Crippen LogP contribution in [0, 0.1) is 0 Å². The lowest BCUT2D eigenvalue weighted by Crippen LogP contribution is -2.58. The molecule has 0 aromatic heterocycles. The molecule has 1 aliphatic heterocycles. The average Bonchev–Trinajstić information content (AvgIpc) is 2.58. The van der Waals surface area contributed by atoms with Crippen LogP contribution in [0.15, 0.2) is 24.3 Å². The molecule has 0 radical (unpaired) electrons. The highest BCUT2D eigenvalue weighted by atomic mass is 35.5. The summed E-state index contributed by atoms with van der Waals surface area (Å²) in [6.07, 6.45) is 0.453. The summed E-state index contributed by atoms with van der Waals surface area (Å²) in [5.41, 5.74) is 0.562. The van der Waals surface area contributed by atoms with Gasteiger partial charge in [0.1, 0.15) is 0 Å². The molecule has 6 heteroatoms. The van der Waals surface area contributed by atoms with E-state index in [4.69, 9.17) is 16.3 Å². The molecule has 0 bridgehead atoms. The van der Waals surface area contributed by atoms with E-state index in [0.29, 0.717) is 30.3 Å². The summed E-state index contributed by atoms with van der Waals surface area (Å²) in [6, 6.07) is 7.43. The number of ketones is 1. The number of benzene rings is 1.